The molecule has 1 aliphatic heterocycles. The van der Waals surface area contributed by atoms with E-state index >= 15 is 0 Å². The van der Waals surface area contributed by atoms with Gasteiger partial charge in [0.2, 0.25) is 0 Å². The van der Waals surface area contributed by atoms with Crippen molar-refractivity contribution in [1.29, 1.82) is 0 Å². The highest BCUT2D eigenvalue weighted by atomic mass is 35.5. The van der Waals surface area contributed by atoms with E-state index in [2.05, 4.69) is 41.2 Å². The van der Waals surface area contributed by atoms with Crippen LogP contribution in [0.25, 0.3) is 11.4 Å². The molecule has 2 aromatic heterocycles. The van der Waals surface area contributed by atoms with Crippen LogP contribution in [0.4, 0.5) is 0 Å². The quantitative estimate of drug-likeness (QED) is 0.732. The van der Waals surface area contributed by atoms with Gasteiger partial charge in [-0.1, -0.05) is 37.5 Å². The lowest BCUT2D eigenvalue weighted by atomic mass is 9.60. The van der Waals surface area contributed by atoms with Gasteiger partial charge in [0.05, 0.1) is 0 Å². The highest BCUT2D eigenvalue weighted by Crippen LogP contribution is 2.49. The van der Waals surface area contributed by atoms with Gasteiger partial charge in [0.25, 0.3) is 5.91 Å². The van der Waals surface area contributed by atoms with Crippen molar-refractivity contribution >= 4 is 17.5 Å². The summed E-state index contributed by atoms with van der Waals surface area (Å²) in [6.45, 7) is 12.2. The molecule has 0 aromatic carbocycles. The van der Waals surface area contributed by atoms with E-state index in [0.29, 0.717) is 38.7 Å². The first-order valence-electron chi connectivity index (χ1n) is 11.2. The summed E-state index contributed by atoms with van der Waals surface area (Å²) < 4.78 is 6.66. The summed E-state index contributed by atoms with van der Waals surface area (Å²) in [4.78, 5) is 15.7. The van der Waals surface area contributed by atoms with Crippen molar-refractivity contribution in [3.05, 3.63) is 22.5 Å². The van der Waals surface area contributed by atoms with Gasteiger partial charge in [-0.15, -0.1) is 0 Å². The molecule has 1 saturated carbocycles. The SMILES string of the molecule is Cc1cc(-c2nn(C)c(Cl)c2C(=O)NC2CC3(CCN(CCC(C)(C)C)CC3)C2)no1. The van der Waals surface area contributed by atoms with Gasteiger partial charge in [-0.3, -0.25) is 9.48 Å². The van der Waals surface area contributed by atoms with Crippen molar-refractivity contribution < 1.29 is 9.32 Å². The third-order valence-corrected chi connectivity index (χ3v) is 7.30. The molecule has 2 aromatic rings. The van der Waals surface area contributed by atoms with Crippen molar-refractivity contribution in [1.82, 2.24) is 25.2 Å². The van der Waals surface area contributed by atoms with Crippen LogP contribution in [0.1, 0.15) is 69.0 Å². The second-order valence-electron chi connectivity index (χ2n) is 10.7. The van der Waals surface area contributed by atoms with Crippen molar-refractivity contribution in [2.24, 2.45) is 17.9 Å². The monoisotopic (exact) mass is 447 g/mol. The number of aromatic nitrogens is 3. The Hall–Kier alpha value is -1.86. The summed E-state index contributed by atoms with van der Waals surface area (Å²) in [5, 5.41) is 11.9. The van der Waals surface area contributed by atoms with Crippen LogP contribution in [-0.2, 0) is 7.05 Å². The van der Waals surface area contributed by atoms with E-state index in [1.165, 1.54) is 43.6 Å². The number of halogens is 1. The average molecular weight is 448 g/mol. The number of nitrogens with zero attached hydrogens (tertiary/aromatic N) is 4. The van der Waals surface area contributed by atoms with E-state index in [1.807, 2.05) is 6.92 Å². The van der Waals surface area contributed by atoms with E-state index in [9.17, 15) is 4.79 Å². The Balaban J connectivity index is 1.33. The fourth-order valence-electron chi connectivity index (χ4n) is 4.86. The van der Waals surface area contributed by atoms with Crippen LogP contribution < -0.4 is 5.32 Å². The minimum Gasteiger partial charge on any atom is -0.361 e. The van der Waals surface area contributed by atoms with Crippen molar-refractivity contribution in [3.8, 4) is 11.4 Å². The molecule has 170 valence electrons. The molecule has 1 aliphatic carbocycles. The third-order valence-electron chi connectivity index (χ3n) is 6.86. The molecule has 7 nitrogen and oxygen atoms in total. The van der Waals surface area contributed by atoms with E-state index in [4.69, 9.17) is 16.1 Å². The second kappa shape index (κ2) is 8.24. The molecule has 8 heteroatoms. The maximum Gasteiger partial charge on any atom is 0.256 e. The maximum absolute atomic E-state index is 13.1. The zero-order valence-corrected chi connectivity index (χ0v) is 20.1. The standard InChI is InChI=1S/C23H34ClN5O2/c1-15-12-17(27-31-15)19-18(20(24)28(5)26-19)21(30)25-16-13-23(14-16)7-10-29(11-8-23)9-6-22(2,3)4/h12,16H,6-11,13-14H2,1-5H3,(H,25,30). The van der Waals surface area contributed by atoms with Gasteiger partial charge in [-0.05, 0) is 69.5 Å². The molecule has 3 heterocycles. The molecule has 1 spiro atoms. The Kier molecular flexibility index (Phi) is 5.94. The van der Waals surface area contributed by atoms with Gasteiger partial charge in [0.1, 0.15) is 27.9 Å². The molecule has 0 radical (unpaired) electrons. The topological polar surface area (TPSA) is 76.2 Å². The zero-order chi connectivity index (χ0) is 22.4. The van der Waals surface area contributed by atoms with Crippen LogP contribution >= 0.6 is 11.6 Å². The first-order chi connectivity index (χ1) is 14.6. The molecule has 0 atom stereocenters. The minimum absolute atomic E-state index is 0.184. The van der Waals surface area contributed by atoms with Crippen molar-refractivity contribution in [2.45, 2.75) is 65.8 Å². The first kappa shape index (κ1) is 22.3. The van der Waals surface area contributed by atoms with E-state index < -0.39 is 0 Å². The maximum atomic E-state index is 13.1. The Morgan fingerprint density at radius 1 is 1.32 bits per heavy atom. The lowest BCUT2D eigenvalue weighted by Gasteiger charge is -2.52. The van der Waals surface area contributed by atoms with Crippen LogP contribution in [0.2, 0.25) is 5.15 Å². The molecule has 2 fully saturated rings. The van der Waals surface area contributed by atoms with Gasteiger partial charge < -0.3 is 14.7 Å². The van der Waals surface area contributed by atoms with Gasteiger partial charge in [-0.25, -0.2) is 0 Å². The highest BCUT2D eigenvalue weighted by Gasteiger charge is 2.46. The van der Waals surface area contributed by atoms with Crippen LogP contribution in [-0.4, -0.2) is 51.4 Å². The Morgan fingerprint density at radius 3 is 2.58 bits per heavy atom. The Labute approximate surface area is 189 Å². The lowest BCUT2D eigenvalue weighted by molar-refractivity contribution is 0.00470. The normalized spacial score (nSPS) is 19.5. The molecular weight excluding hydrogens is 414 g/mol. The highest BCUT2D eigenvalue weighted by molar-refractivity contribution is 6.33. The number of hydrogen-bond donors (Lipinski definition) is 1. The average Bonchev–Trinajstić information content (AvgIpc) is 3.22. The van der Waals surface area contributed by atoms with Gasteiger partial charge >= 0.3 is 0 Å². The number of likely N-dealkylation sites (tertiary alicyclic amines) is 1. The Bertz CT molecular complexity index is 942. The molecule has 1 amide bonds. The lowest BCUT2D eigenvalue weighted by Crippen LogP contribution is -2.55. The predicted octanol–water partition coefficient (Wildman–Crippen LogP) is 4.45. The van der Waals surface area contributed by atoms with Gasteiger partial charge in [0, 0.05) is 19.2 Å². The second-order valence-corrected chi connectivity index (χ2v) is 11.0. The number of hydrogen-bond acceptors (Lipinski definition) is 5. The number of aryl methyl sites for hydroxylation is 2. The number of nitrogens with one attached hydrogen (secondary N) is 1. The molecule has 4 rings (SSSR count). The summed E-state index contributed by atoms with van der Waals surface area (Å²) in [5.41, 5.74) is 2.13. The fourth-order valence-corrected chi connectivity index (χ4v) is 5.07. The van der Waals surface area contributed by atoms with Crippen LogP contribution in [0.15, 0.2) is 10.6 Å². The van der Waals surface area contributed by atoms with Gasteiger partial charge in [-0.2, -0.15) is 5.10 Å². The van der Waals surface area contributed by atoms with E-state index in [0.717, 1.165) is 12.8 Å². The molecule has 1 saturated heterocycles. The van der Waals surface area contributed by atoms with Gasteiger partial charge in [0.15, 0.2) is 0 Å². The summed E-state index contributed by atoms with van der Waals surface area (Å²) in [6.07, 6.45) is 5.77. The first-order valence-corrected chi connectivity index (χ1v) is 11.6. The molecule has 0 unspecified atom stereocenters. The number of carbonyl (C=O) groups excluding carboxylic acids is 1. The summed E-state index contributed by atoms with van der Waals surface area (Å²) in [6, 6.07) is 1.96. The third kappa shape index (κ3) is 4.82. The molecular formula is C23H34ClN5O2. The van der Waals surface area contributed by atoms with E-state index in [-0.39, 0.29) is 11.9 Å². The summed E-state index contributed by atoms with van der Waals surface area (Å²) >= 11 is 6.41. The van der Waals surface area contributed by atoms with Crippen LogP contribution in [0, 0.1) is 17.8 Å². The molecule has 0 bridgehead atoms. The van der Waals surface area contributed by atoms with E-state index in [1.54, 1.807) is 13.1 Å². The molecule has 31 heavy (non-hydrogen) atoms. The number of amides is 1. The fraction of sp³-hybridized carbons (Fsp3) is 0.696. The summed E-state index contributed by atoms with van der Waals surface area (Å²) in [5.74, 6) is 0.481. The summed E-state index contributed by atoms with van der Waals surface area (Å²) in [7, 11) is 1.72. The molecule has 2 aliphatic rings. The smallest absolute Gasteiger partial charge is 0.256 e. The predicted molar refractivity (Wildman–Crippen MR) is 121 cm³/mol. The zero-order valence-electron chi connectivity index (χ0n) is 19.3. The van der Waals surface area contributed by atoms with Crippen molar-refractivity contribution in [2.75, 3.05) is 19.6 Å². The van der Waals surface area contributed by atoms with Crippen molar-refractivity contribution in [3.63, 3.8) is 0 Å². The number of piperidine rings is 1. The molecule has 1 N–H and O–H groups in total. The largest absolute Gasteiger partial charge is 0.361 e. The van der Waals surface area contributed by atoms with Crippen LogP contribution in [0.3, 0.4) is 0 Å². The number of carbonyl (C=O) groups is 1. The Morgan fingerprint density at radius 2 is 2.00 bits per heavy atom. The van der Waals surface area contributed by atoms with Crippen LogP contribution in [0.5, 0.6) is 0 Å². The minimum atomic E-state index is -0.184. The number of rotatable bonds is 5.